The van der Waals surface area contributed by atoms with Gasteiger partial charge in [0, 0.05) is 12.6 Å². The van der Waals surface area contributed by atoms with Crippen LogP contribution in [0.25, 0.3) is 0 Å². The first kappa shape index (κ1) is 18.4. The number of rotatable bonds is 5. The van der Waals surface area contributed by atoms with E-state index in [1.807, 2.05) is 0 Å². The van der Waals surface area contributed by atoms with Crippen LogP contribution in [0.15, 0.2) is 18.2 Å². The van der Waals surface area contributed by atoms with Gasteiger partial charge in [-0.05, 0) is 37.1 Å². The van der Waals surface area contributed by atoms with Crippen LogP contribution >= 0.6 is 0 Å². The van der Waals surface area contributed by atoms with Gasteiger partial charge in [0.25, 0.3) is 0 Å². The molecule has 2 aromatic rings. The number of nitrogens with one attached hydrogen (secondary N) is 2. The number of hydrogen-bond acceptors (Lipinski definition) is 4. The van der Waals surface area contributed by atoms with E-state index in [-0.39, 0.29) is 34.8 Å². The molecule has 0 saturated heterocycles. The van der Waals surface area contributed by atoms with E-state index in [1.165, 1.54) is 26.2 Å². The van der Waals surface area contributed by atoms with Gasteiger partial charge < -0.3 is 15.0 Å². The minimum atomic E-state index is -0.648. The van der Waals surface area contributed by atoms with Crippen molar-refractivity contribution in [2.75, 3.05) is 12.4 Å². The highest BCUT2D eigenvalue weighted by molar-refractivity contribution is 6.02. The second-order valence-electron chi connectivity index (χ2n) is 5.73. The van der Waals surface area contributed by atoms with Crippen molar-refractivity contribution in [2.45, 2.75) is 27.2 Å². The first-order valence-electron chi connectivity index (χ1n) is 7.61. The third-order valence-corrected chi connectivity index (χ3v) is 3.81. The molecule has 0 aliphatic heterocycles. The number of methoxy groups -OCH3 is 1. The zero-order chi connectivity index (χ0) is 18.7. The molecule has 0 unspecified atom stereocenters. The number of amides is 1. The van der Waals surface area contributed by atoms with E-state index in [1.54, 1.807) is 19.9 Å². The number of anilines is 1. The lowest BCUT2D eigenvalue weighted by Gasteiger charge is -2.08. The Bertz CT molecular complexity index is 855. The predicted molar refractivity (Wildman–Crippen MR) is 90.3 cm³/mol. The number of Topliss-reactive ketones (excluding diaryl/α,β-unsaturated/α-hetero) is 1. The number of hydrogen-bond donors (Lipinski definition) is 2. The number of aryl methyl sites for hydroxylation is 1. The molecule has 1 aromatic heterocycles. The Hall–Kier alpha value is -2.96. The summed E-state index contributed by atoms with van der Waals surface area (Å²) in [5, 5.41) is 2.46. The quantitative estimate of drug-likeness (QED) is 0.643. The molecule has 0 fully saturated rings. The SMILES string of the molecule is COC(=O)c1c(CC(=O)Nc2ccc(C)cc2F)[nH]c(C(C)=O)c1C. The molecule has 6 nitrogen and oxygen atoms in total. The Morgan fingerprint density at radius 2 is 1.92 bits per heavy atom. The highest BCUT2D eigenvalue weighted by atomic mass is 19.1. The lowest BCUT2D eigenvalue weighted by Crippen LogP contribution is -2.17. The summed E-state index contributed by atoms with van der Waals surface area (Å²) in [6.07, 6.45) is -0.230. The molecule has 1 heterocycles. The summed E-state index contributed by atoms with van der Waals surface area (Å²) in [4.78, 5) is 38.7. The number of H-pyrrole nitrogens is 1. The molecule has 2 rings (SSSR count). The lowest BCUT2D eigenvalue weighted by atomic mass is 10.1. The van der Waals surface area contributed by atoms with Crippen molar-refractivity contribution < 1.29 is 23.5 Å². The fourth-order valence-electron chi connectivity index (χ4n) is 2.60. The monoisotopic (exact) mass is 346 g/mol. The van der Waals surface area contributed by atoms with Crippen LogP contribution in [0.4, 0.5) is 10.1 Å². The van der Waals surface area contributed by atoms with Crippen LogP contribution in [-0.4, -0.2) is 29.8 Å². The van der Waals surface area contributed by atoms with Crippen molar-refractivity contribution in [1.29, 1.82) is 0 Å². The smallest absolute Gasteiger partial charge is 0.339 e. The number of ether oxygens (including phenoxy) is 1. The van der Waals surface area contributed by atoms with E-state index in [9.17, 15) is 18.8 Å². The van der Waals surface area contributed by atoms with E-state index in [0.29, 0.717) is 5.56 Å². The molecule has 0 bridgehead atoms. The minimum absolute atomic E-state index is 0.0466. The van der Waals surface area contributed by atoms with Gasteiger partial charge in [-0.25, -0.2) is 9.18 Å². The Morgan fingerprint density at radius 1 is 1.24 bits per heavy atom. The number of aromatic amines is 1. The van der Waals surface area contributed by atoms with Crippen molar-refractivity contribution in [1.82, 2.24) is 4.98 Å². The van der Waals surface area contributed by atoms with Crippen LogP contribution < -0.4 is 5.32 Å². The lowest BCUT2D eigenvalue weighted by molar-refractivity contribution is -0.115. The van der Waals surface area contributed by atoms with Crippen molar-refractivity contribution in [2.24, 2.45) is 0 Å². The average Bonchev–Trinajstić information content (AvgIpc) is 2.86. The van der Waals surface area contributed by atoms with E-state index in [2.05, 4.69) is 10.3 Å². The molecule has 2 N–H and O–H groups in total. The van der Waals surface area contributed by atoms with Gasteiger partial charge in [0.15, 0.2) is 5.78 Å². The van der Waals surface area contributed by atoms with E-state index in [4.69, 9.17) is 4.74 Å². The van der Waals surface area contributed by atoms with Crippen LogP contribution in [0.5, 0.6) is 0 Å². The summed E-state index contributed by atoms with van der Waals surface area (Å²) in [5.74, 6) is -1.98. The third-order valence-electron chi connectivity index (χ3n) is 3.81. The van der Waals surface area contributed by atoms with E-state index in [0.717, 1.165) is 5.56 Å². The van der Waals surface area contributed by atoms with Crippen LogP contribution in [0, 0.1) is 19.7 Å². The molecule has 0 aliphatic rings. The summed E-state index contributed by atoms with van der Waals surface area (Å²) in [5.41, 5.74) is 1.83. The molecular weight excluding hydrogens is 327 g/mol. The first-order valence-corrected chi connectivity index (χ1v) is 7.61. The Balaban J connectivity index is 2.29. The molecule has 0 saturated carbocycles. The largest absolute Gasteiger partial charge is 0.465 e. The number of ketones is 1. The van der Waals surface area contributed by atoms with E-state index >= 15 is 0 Å². The topological polar surface area (TPSA) is 88.3 Å². The summed E-state index contributed by atoms with van der Waals surface area (Å²) < 4.78 is 18.6. The Morgan fingerprint density at radius 3 is 2.48 bits per heavy atom. The van der Waals surface area contributed by atoms with Gasteiger partial charge in [0.2, 0.25) is 5.91 Å². The number of halogens is 1. The summed E-state index contributed by atoms with van der Waals surface area (Å²) in [6, 6.07) is 4.44. The molecular formula is C18H19FN2O4. The number of benzene rings is 1. The van der Waals surface area contributed by atoms with Crippen molar-refractivity contribution in [3.63, 3.8) is 0 Å². The van der Waals surface area contributed by atoms with Crippen molar-refractivity contribution in [3.05, 3.63) is 52.1 Å². The Labute approximate surface area is 144 Å². The van der Waals surface area contributed by atoms with Crippen LogP contribution in [0.3, 0.4) is 0 Å². The number of carbonyl (C=O) groups is 3. The second kappa shape index (κ2) is 7.29. The van der Waals surface area contributed by atoms with Gasteiger partial charge >= 0.3 is 5.97 Å². The maximum Gasteiger partial charge on any atom is 0.339 e. The molecule has 7 heteroatoms. The van der Waals surface area contributed by atoms with Gasteiger partial charge in [-0.2, -0.15) is 0 Å². The molecule has 0 atom stereocenters. The zero-order valence-electron chi connectivity index (χ0n) is 14.5. The second-order valence-corrected chi connectivity index (χ2v) is 5.73. The highest BCUT2D eigenvalue weighted by Gasteiger charge is 2.24. The summed E-state index contributed by atoms with van der Waals surface area (Å²) >= 11 is 0. The maximum atomic E-state index is 13.8. The molecule has 0 spiro atoms. The number of aromatic nitrogens is 1. The minimum Gasteiger partial charge on any atom is -0.465 e. The van der Waals surface area contributed by atoms with Gasteiger partial charge in [0.1, 0.15) is 5.82 Å². The predicted octanol–water partition coefficient (Wildman–Crippen LogP) is 2.94. The molecule has 1 aromatic carbocycles. The molecule has 1 amide bonds. The molecule has 25 heavy (non-hydrogen) atoms. The summed E-state index contributed by atoms with van der Waals surface area (Å²) in [6.45, 7) is 4.69. The van der Waals surface area contributed by atoms with Crippen LogP contribution in [0.2, 0.25) is 0 Å². The van der Waals surface area contributed by atoms with Gasteiger partial charge in [-0.15, -0.1) is 0 Å². The van der Waals surface area contributed by atoms with Crippen molar-refractivity contribution in [3.8, 4) is 0 Å². The highest BCUT2D eigenvalue weighted by Crippen LogP contribution is 2.22. The van der Waals surface area contributed by atoms with Crippen LogP contribution in [0.1, 0.15) is 44.6 Å². The van der Waals surface area contributed by atoms with Gasteiger partial charge in [0.05, 0.1) is 30.5 Å². The standard InChI is InChI=1S/C18H19FN2O4/c1-9-5-6-13(12(19)7-9)20-15(23)8-14-16(18(24)25-4)10(2)17(21-14)11(3)22/h5-7,21H,8H2,1-4H3,(H,20,23). The maximum absolute atomic E-state index is 13.8. The van der Waals surface area contributed by atoms with Crippen molar-refractivity contribution >= 4 is 23.3 Å². The number of esters is 1. The summed E-state index contributed by atoms with van der Waals surface area (Å²) in [7, 11) is 1.22. The molecule has 132 valence electrons. The average molecular weight is 346 g/mol. The molecule has 0 radical (unpaired) electrons. The normalized spacial score (nSPS) is 10.4. The Kier molecular flexibility index (Phi) is 5.36. The van der Waals surface area contributed by atoms with Gasteiger partial charge in [-0.3, -0.25) is 9.59 Å². The zero-order valence-corrected chi connectivity index (χ0v) is 14.5. The van der Waals surface area contributed by atoms with Gasteiger partial charge in [-0.1, -0.05) is 6.07 Å². The molecule has 0 aliphatic carbocycles. The van der Waals surface area contributed by atoms with E-state index < -0.39 is 17.7 Å². The third kappa shape index (κ3) is 3.93. The fraction of sp³-hybridized carbons (Fsp3) is 0.278. The number of carbonyl (C=O) groups excluding carboxylic acids is 3. The van der Waals surface area contributed by atoms with Crippen LogP contribution in [-0.2, 0) is 16.0 Å². The fourth-order valence-corrected chi connectivity index (χ4v) is 2.60. The first-order chi connectivity index (χ1) is 11.7.